The third-order valence-electron chi connectivity index (χ3n) is 15.6. The number of carbonyl (C=O) groups excluding carboxylic acids is 2. The Labute approximate surface area is 481 Å². The van der Waals surface area contributed by atoms with Crippen molar-refractivity contribution in [1.82, 2.24) is 30.2 Å². The average molecular weight is 1150 g/mol. The van der Waals surface area contributed by atoms with E-state index in [0.29, 0.717) is 108 Å². The molecule has 4 saturated heterocycles. The number of H-pyrrole nitrogens is 2. The maximum Gasteiger partial charge on any atom is 0.328 e. The minimum absolute atomic E-state index is 0. The molecule has 83 heavy (non-hydrogen) atoms. The van der Waals surface area contributed by atoms with Crippen molar-refractivity contribution in [2.45, 2.75) is 127 Å². The van der Waals surface area contributed by atoms with E-state index in [2.05, 4.69) is 78.7 Å². The Morgan fingerprint density at radius 2 is 0.843 bits per heavy atom. The maximum absolute atomic E-state index is 11.6. The molecule has 4 atom stereocenters. The summed E-state index contributed by atoms with van der Waals surface area (Å²) in [7, 11) is 3.22. The highest BCUT2D eigenvalue weighted by Gasteiger charge is 2.43. The summed E-state index contributed by atoms with van der Waals surface area (Å²) in [6.45, 7) is 6.69. The molecule has 21 heteroatoms. The van der Waals surface area contributed by atoms with Gasteiger partial charge in [0.25, 0.3) is 0 Å². The molecule has 4 fully saturated rings. The van der Waals surface area contributed by atoms with Gasteiger partial charge in [0.05, 0.1) is 38.5 Å². The number of ketones is 2. The zero-order valence-corrected chi connectivity index (χ0v) is 47.3. The molecule has 0 radical (unpaired) electrons. The topological polar surface area (TPSA) is 316 Å². The molecule has 4 aromatic carbocycles. The van der Waals surface area contributed by atoms with E-state index < -0.39 is 23.9 Å². The lowest BCUT2D eigenvalue weighted by molar-refractivity contribution is -0.134. The predicted molar refractivity (Wildman–Crippen MR) is 311 cm³/mol. The molecular weight excluding hydrogens is 1070 g/mol. The summed E-state index contributed by atoms with van der Waals surface area (Å²) >= 11 is 0. The highest BCUT2D eigenvalue weighted by Crippen LogP contribution is 2.45. The number of carboxylic acid groups (broad SMARTS) is 4. The van der Waals surface area contributed by atoms with Crippen LogP contribution in [-0.2, 0) is 19.2 Å². The highest BCUT2D eigenvalue weighted by atomic mass is 16.5. The van der Waals surface area contributed by atoms with Gasteiger partial charge in [0.15, 0.2) is 34.6 Å². The first-order valence-electron chi connectivity index (χ1n) is 27.8. The van der Waals surface area contributed by atoms with Crippen LogP contribution in [-0.4, -0.2) is 156 Å². The number of carbonyl (C=O) groups is 6. The number of hydrogen-bond donors (Lipinski definition) is 6. The summed E-state index contributed by atoms with van der Waals surface area (Å²) in [6, 6.07) is 30.4. The summed E-state index contributed by atoms with van der Waals surface area (Å²) < 4.78 is 22.7. The summed E-state index contributed by atoms with van der Waals surface area (Å²) in [4.78, 5) is 66.9. The molecule has 6 aromatic rings. The molecule has 0 aliphatic carbocycles. The van der Waals surface area contributed by atoms with Crippen molar-refractivity contribution >= 4 is 57.2 Å². The molecule has 0 saturated carbocycles. The van der Waals surface area contributed by atoms with Crippen LogP contribution in [0.4, 0.5) is 0 Å². The van der Waals surface area contributed by atoms with Crippen LogP contribution in [0.1, 0.15) is 135 Å². The summed E-state index contributed by atoms with van der Waals surface area (Å²) in [5, 5.41) is 49.6. The lowest BCUT2D eigenvalue weighted by atomic mass is 9.86. The molecule has 10 rings (SSSR count). The number of benzene rings is 4. The van der Waals surface area contributed by atoms with E-state index in [4.69, 9.17) is 39.4 Å². The van der Waals surface area contributed by atoms with Gasteiger partial charge in [0.2, 0.25) is 0 Å². The van der Waals surface area contributed by atoms with Gasteiger partial charge in [0, 0.05) is 93.6 Å². The van der Waals surface area contributed by atoms with E-state index in [0.717, 1.165) is 49.8 Å². The van der Waals surface area contributed by atoms with E-state index in [1.807, 2.05) is 12.1 Å². The number of nitrogens with one attached hydrogen (secondary N) is 2. The van der Waals surface area contributed by atoms with Gasteiger partial charge in [-0.25, -0.2) is 19.2 Å². The Bertz CT molecular complexity index is 2950. The molecule has 21 nitrogen and oxygen atoms in total. The quantitative estimate of drug-likeness (QED) is 0.0209. The van der Waals surface area contributed by atoms with Crippen molar-refractivity contribution in [1.29, 1.82) is 0 Å². The number of fused-ring (bicyclic) bond motifs is 6. The molecule has 444 valence electrons. The fraction of sp³-hybridized carbons (Fsp3) is 0.419. The van der Waals surface area contributed by atoms with Crippen LogP contribution in [0.3, 0.4) is 0 Å². The van der Waals surface area contributed by atoms with Crippen LogP contribution >= 0.6 is 0 Å². The second kappa shape index (κ2) is 31.1. The lowest BCUT2D eigenvalue weighted by Crippen LogP contribution is -2.42. The van der Waals surface area contributed by atoms with Gasteiger partial charge in [-0.05, 0) is 153 Å². The van der Waals surface area contributed by atoms with Crippen LogP contribution in [0, 0.1) is 0 Å². The summed E-state index contributed by atoms with van der Waals surface area (Å²) in [5.74, 6) is -1.16. The number of hydrogen-bond acceptors (Lipinski definition) is 14. The average Bonchev–Trinajstić information content (AvgIpc) is 3.32. The number of rotatable bonds is 22. The van der Waals surface area contributed by atoms with Crippen molar-refractivity contribution in [3.05, 3.63) is 132 Å². The van der Waals surface area contributed by atoms with Gasteiger partial charge in [0.1, 0.15) is 0 Å². The highest BCUT2D eigenvalue weighted by molar-refractivity contribution is 5.95. The van der Waals surface area contributed by atoms with Crippen LogP contribution in [0.2, 0.25) is 0 Å². The van der Waals surface area contributed by atoms with Crippen LogP contribution in [0.25, 0.3) is 21.8 Å². The second-order valence-corrected chi connectivity index (χ2v) is 20.9. The number of carboxylic acids is 4. The Hall–Kier alpha value is -8.40. The monoisotopic (exact) mass is 1140 g/mol. The second-order valence-electron chi connectivity index (χ2n) is 20.9. The van der Waals surface area contributed by atoms with E-state index in [-0.39, 0.29) is 17.0 Å². The number of piperidine rings is 2. The van der Waals surface area contributed by atoms with Gasteiger partial charge in [-0.2, -0.15) is 10.2 Å². The number of aromatic amines is 2. The van der Waals surface area contributed by atoms with Crippen LogP contribution < -0.4 is 18.9 Å². The smallest absolute Gasteiger partial charge is 0.328 e. The Balaban J connectivity index is 0.000000210. The number of unbranched alkanes of at least 4 members (excludes halogenated alkanes) is 2. The summed E-state index contributed by atoms with van der Waals surface area (Å²) in [5.41, 5.74) is 6.10. The van der Waals surface area contributed by atoms with E-state index in [1.54, 1.807) is 52.3 Å². The fourth-order valence-electron chi connectivity index (χ4n) is 11.8. The standard InChI is InChI=1S/2C27H33N3O3.2C4H4O4.H2O/c2*1-18(31)19-9-12-25(26(17-19)32-2)33-14-6-5-13-30-21-10-11-22(30)16-20(15-21)27-23-7-3-4-8-24(23)28-29-27;2*5-3(6)1-2-4(7)8;/h2*3-4,7-9,12,17,20-22H,5-6,10-11,13-16H2,1-2H3,(H,28,29);2*1-2H,(H,5,6)(H,7,8);1H2. The van der Waals surface area contributed by atoms with Crippen molar-refractivity contribution in [3.8, 4) is 23.0 Å². The molecule has 8 N–H and O–H groups in total. The predicted octanol–water partition coefficient (Wildman–Crippen LogP) is 9.29. The number of aliphatic carboxylic acids is 4. The summed E-state index contributed by atoms with van der Waals surface area (Å²) in [6.07, 6.45) is 16.6. The number of ether oxygens (including phenoxy) is 4. The maximum atomic E-state index is 11.6. The number of nitrogens with zero attached hydrogens (tertiary/aromatic N) is 4. The Morgan fingerprint density at radius 1 is 0.506 bits per heavy atom. The first-order valence-corrected chi connectivity index (χ1v) is 27.8. The number of para-hydroxylation sites is 2. The normalized spacial score (nSPS) is 19.8. The van der Waals surface area contributed by atoms with Gasteiger partial charge in [-0.15, -0.1) is 0 Å². The molecule has 0 amide bonds. The number of methoxy groups -OCH3 is 2. The number of Topliss-reactive ketones (excluding diaryl/α,β-unsaturated/α-hetero) is 2. The minimum atomic E-state index is -1.26. The molecule has 4 aliphatic heterocycles. The van der Waals surface area contributed by atoms with Gasteiger partial charge in [-0.3, -0.25) is 29.6 Å². The molecule has 4 aliphatic rings. The van der Waals surface area contributed by atoms with Crippen molar-refractivity contribution in [2.75, 3.05) is 40.5 Å². The Kier molecular flexibility index (Phi) is 23.9. The van der Waals surface area contributed by atoms with Gasteiger partial charge < -0.3 is 44.8 Å². The van der Waals surface area contributed by atoms with Crippen molar-refractivity contribution < 1.29 is 73.6 Å². The number of aromatic nitrogens is 4. The lowest BCUT2D eigenvalue weighted by Gasteiger charge is -2.38. The first-order chi connectivity index (χ1) is 39.5. The van der Waals surface area contributed by atoms with Crippen LogP contribution in [0.5, 0.6) is 23.0 Å². The van der Waals surface area contributed by atoms with Gasteiger partial charge in [-0.1, -0.05) is 36.4 Å². The van der Waals surface area contributed by atoms with E-state index in [9.17, 15) is 28.8 Å². The van der Waals surface area contributed by atoms with Crippen molar-refractivity contribution in [3.63, 3.8) is 0 Å². The minimum Gasteiger partial charge on any atom is -0.493 e. The zero-order chi connectivity index (χ0) is 58.7. The van der Waals surface area contributed by atoms with Crippen LogP contribution in [0.15, 0.2) is 109 Å². The molecule has 6 heterocycles. The molecular formula is C62H76N6O15. The molecule has 4 bridgehead atoms. The third kappa shape index (κ3) is 17.8. The molecule has 4 unspecified atom stereocenters. The molecule has 2 aromatic heterocycles. The Morgan fingerprint density at radius 3 is 1.16 bits per heavy atom. The molecule has 0 spiro atoms. The van der Waals surface area contributed by atoms with E-state index >= 15 is 0 Å². The van der Waals surface area contributed by atoms with Crippen molar-refractivity contribution in [2.24, 2.45) is 0 Å². The zero-order valence-electron chi connectivity index (χ0n) is 47.3. The first kappa shape index (κ1) is 63.8. The fourth-order valence-corrected chi connectivity index (χ4v) is 11.8. The SMILES string of the molecule is COc1cc(C(C)=O)ccc1OCCCCN1C2CCC1CC(c1[nH]nc3ccccc13)C2.COc1cc(C(C)=O)ccc1OCCCCN1C2CCC1CC(c1[nH]nc3ccccc13)C2.O.O=C(O)C=CC(=O)O.O=C(O)C=CC(=O)O. The third-order valence-corrected chi connectivity index (χ3v) is 15.6. The van der Waals surface area contributed by atoms with Gasteiger partial charge >= 0.3 is 23.9 Å². The largest absolute Gasteiger partial charge is 0.493 e. The van der Waals surface area contributed by atoms with E-state index in [1.165, 1.54) is 73.5 Å².